The van der Waals surface area contributed by atoms with Gasteiger partial charge in [-0.25, -0.2) is 4.39 Å². The van der Waals surface area contributed by atoms with Gasteiger partial charge >= 0.3 is 0 Å². The number of hydrogen-bond acceptors (Lipinski definition) is 3. The van der Waals surface area contributed by atoms with E-state index in [1.807, 2.05) is 13.1 Å². The second kappa shape index (κ2) is 6.35. The molecular weight excluding hydrogens is 245 g/mol. The van der Waals surface area contributed by atoms with Crippen molar-refractivity contribution in [3.8, 4) is 5.75 Å². The molecular formula is C15H24FNO2. The average molecular weight is 269 g/mol. The lowest BCUT2D eigenvalue weighted by atomic mass is 9.82. The van der Waals surface area contributed by atoms with Gasteiger partial charge in [-0.05, 0) is 30.2 Å². The molecule has 3 nitrogen and oxygen atoms in total. The summed E-state index contributed by atoms with van der Waals surface area (Å²) in [5.41, 5.74) is 0.793. The molecule has 0 amide bonds. The molecule has 0 aromatic heterocycles. The Balaban J connectivity index is 3.12. The molecule has 0 aliphatic heterocycles. The lowest BCUT2D eigenvalue weighted by Gasteiger charge is -2.36. The number of methoxy groups -OCH3 is 2. The Labute approximate surface area is 115 Å². The van der Waals surface area contributed by atoms with Crippen LogP contribution in [0.3, 0.4) is 0 Å². The third kappa shape index (κ3) is 3.67. The van der Waals surface area contributed by atoms with Crippen LogP contribution < -0.4 is 10.1 Å². The quantitative estimate of drug-likeness (QED) is 0.890. The van der Waals surface area contributed by atoms with Crippen molar-refractivity contribution < 1.29 is 13.9 Å². The van der Waals surface area contributed by atoms with Gasteiger partial charge in [-0.3, -0.25) is 0 Å². The molecule has 0 spiro atoms. The highest BCUT2D eigenvalue weighted by molar-refractivity contribution is 5.31. The van der Waals surface area contributed by atoms with E-state index in [0.29, 0.717) is 0 Å². The molecule has 19 heavy (non-hydrogen) atoms. The van der Waals surface area contributed by atoms with E-state index in [1.165, 1.54) is 13.2 Å². The summed E-state index contributed by atoms with van der Waals surface area (Å²) in [4.78, 5) is 0. The first kappa shape index (κ1) is 15.9. The van der Waals surface area contributed by atoms with Crippen LogP contribution in [0.15, 0.2) is 18.2 Å². The van der Waals surface area contributed by atoms with Gasteiger partial charge in [-0.1, -0.05) is 26.8 Å². The molecule has 0 aliphatic rings. The number of likely N-dealkylation sites (N-methyl/N-ethyl adjacent to an activating group) is 1. The zero-order chi connectivity index (χ0) is 14.6. The Kier molecular flexibility index (Phi) is 5.32. The molecule has 0 aliphatic carbocycles. The first-order chi connectivity index (χ1) is 8.85. The van der Waals surface area contributed by atoms with Crippen LogP contribution in [0.5, 0.6) is 5.75 Å². The molecule has 1 rings (SSSR count). The summed E-state index contributed by atoms with van der Waals surface area (Å²) in [5.74, 6) is -0.104. The highest BCUT2D eigenvalue weighted by Gasteiger charge is 2.32. The molecule has 1 aromatic carbocycles. The number of halogens is 1. The molecule has 1 N–H and O–H groups in total. The van der Waals surface area contributed by atoms with Gasteiger partial charge in [0.25, 0.3) is 0 Å². The SMILES string of the molecule is CNC(c1ccc(OC)c(F)c1)C(OC)C(C)(C)C. The van der Waals surface area contributed by atoms with Gasteiger partial charge in [0.1, 0.15) is 0 Å². The predicted molar refractivity (Wildman–Crippen MR) is 75.0 cm³/mol. The Hall–Kier alpha value is -1.13. The van der Waals surface area contributed by atoms with Crippen molar-refractivity contribution in [1.82, 2.24) is 5.32 Å². The largest absolute Gasteiger partial charge is 0.494 e. The maximum atomic E-state index is 13.8. The monoisotopic (exact) mass is 269 g/mol. The zero-order valence-corrected chi connectivity index (χ0v) is 12.6. The first-order valence-corrected chi connectivity index (χ1v) is 6.38. The molecule has 0 heterocycles. The van der Waals surface area contributed by atoms with E-state index in [-0.39, 0.29) is 29.1 Å². The van der Waals surface area contributed by atoms with Crippen LogP contribution in [0.1, 0.15) is 32.4 Å². The van der Waals surface area contributed by atoms with E-state index in [2.05, 4.69) is 26.1 Å². The molecule has 1 aromatic rings. The normalized spacial score (nSPS) is 15.1. The molecule has 0 bridgehead atoms. The minimum Gasteiger partial charge on any atom is -0.494 e. The van der Waals surface area contributed by atoms with Crippen LogP contribution in [-0.4, -0.2) is 27.4 Å². The summed E-state index contributed by atoms with van der Waals surface area (Å²) in [6.07, 6.45) is -0.0645. The van der Waals surface area contributed by atoms with Crippen LogP contribution >= 0.6 is 0 Å². The smallest absolute Gasteiger partial charge is 0.165 e. The molecule has 2 atom stereocenters. The molecule has 0 saturated heterocycles. The Morgan fingerprint density at radius 1 is 1.21 bits per heavy atom. The molecule has 108 valence electrons. The highest BCUT2D eigenvalue weighted by Crippen LogP contribution is 2.33. The van der Waals surface area contributed by atoms with Gasteiger partial charge in [0, 0.05) is 7.11 Å². The van der Waals surface area contributed by atoms with Crippen LogP contribution in [0.2, 0.25) is 0 Å². The van der Waals surface area contributed by atoms with Crippen molar-refractivity contribution in [3.63, 3.8) is 0 Å². The van der Waals surface area contributed by atoms with E-state index < -0.39 is 0 Å². The minimum absolute atomic E-state index is 0.0567. The maximum Gasteiger partial charge on any atom is 0.165 e. The molecule has 0 radical (unpaired) electrons. The predicted octanol–water partition coefficient (Wildman–Crippen LogP) is 3.16. The molecule has 4 heteroatoms. The fourth-order valence-electron chi connectivity index (χ4n) is 2.36. The van der Waals surface area contributed by atoms with Gasteiger partial charge in [-0.2, -0.15) is 0 Å². The Morgan fingerprint density at radius 3 is 2.21 bits per heavy atom. The fourth-order valence-corrected chi connectivity index (χ4v) is 2.36. The number of nitrogens with one attached hydrogen (secondary N) is 1. The minimum atomic E-state index is -0.357. The number of ether oxygens (including phenoxy) is 2. The van der Waals surface area contributed by atoms with E-state index in [0.717, 1.165) is 5.56 Å². The third-order valence-electron chi connectivity index (χ3n) is 3.26. The van der Waals surface area contributed by atoms with Gasteiger partial charge < -0.3 is 14.8 Å². The van der Waals surface area contributed by atoms with Crippen molar-refractivity contribution in [3.05, 3.63) is 29.6 Å². The summed E-state index contributed by atoms with van der Waals surface area (Å²) < 4.78 is 24.4. The fraction of sp³-hybridized carbons (Fsp3) is 0.600. The number of rotatable bonds is 5. The van der Waals surface area contributed by atoms with E-state index in [9.17, 15) is 4.39 Å². The lowest BCUT2D eigenvalue weighted by Crippen LogP contribution is -2.40. The first-order valence-electron chi connectivity index (χ1n) is 6.38. The second-order valence-corrected chi connectivity index (χ2v) is 5.68. The summed E-state index contributed by atoms with van der Waals surface area (Å²) in [7, 11) is 4.99. The highest BCUT2D eigenvalue weighted by atomic mass is 19.1. The van der Waals surface area contributed by atoms with Crippen LogP contribution in [0.4, 0.5) is 4.39 Å². The molecule has 2 unspecified atom stereocenters. The summed E-state index contributed by atoms with van der Waals surface area (Å²) in [6.45, 7) is 6.31. The number of hydrogen-bond donors (Lipinski definition) is 1. The topological polar surface area (TPSA) is 30.5 Å². The van der Waals surface area contributed by atoms with Crippen molar-refractivity contribution >= 4 is 0 Å². The summed E-state index contributed by atoms with van der Waals surface area (Å²) in [5, 5.41) is 3.21. The van der Waals surface area contributed by atoms with Crippen LogP contribution in [0.25, 0.3) is 0 Å². The standard InChI is InChI=1S/C15H24FNO2/c1-15(2,3)14(19-6)13(17-4)10-7-8-12(18-5)11(16)9-10/h7-9,13-14,17H,1-6H3. The van der Waals surface area contributed by atoms with Gasteiger partial charge in [0.2, 0.25) is 0 Å². The lowest BCUT2D eigenvalue weighted by molar-refractivity contribution is -0.0102. The number of benzene rings is 1. The van der Waals surface area contributed by atoms with Crippen LogP contribution in [-0.2, 0) is 4.74 Å². The van der Waals surface area contributed by atoms with Crippen molar-refractivity contribution in [2.24, 2.45) is 5.41 Å². The second-order valence-electron chi connectivity index (χ2n) is 5.68. The summed E-state index contributed by atoms with van der Waals surface area (Å²) in [6, 6.07) is 4.92. The Bertz CT molecular complexity index is 415. The van der Waals surface area contributed by atoms with E-state index in [4.69, 9.17) is 9.47 Å². The van der Waals surface area contributed by atoms with E-state index >= 15 is 0 Å². The molecule has 0 fully saturated rings. The van der Waals surface area contributed by atoms with Crippen LogP contribution in [0, 0.1) is 11.2 Å². The zero-order valence-electron chi connectivity index (χ0n) is 12.6. The van der Waals surface area contributed by atoms with Gasteiger partial charge in [-0.15, -0.1) is 0 Å². The van der Waals surface area contributed by atoms with Gasteiger partial charge in [0.15, 0.2) is 11.6 Å². The third-order valence-corrected chi connectivity index (χ3v) is 3.26. The van der Waals surface area contributed by atoms with Gasteiger partial charge in [0.05, 0.1) is 19.3 Å². The Morgan fingerprint density at radius 2 is 1.84 bits per heavy atom. The van der Waals surface area contributed by atoms with E-state index in [1.54, 1.807) is 13.2 Å². The van der Waals surface area contributed by atoms with Crippen molar-refractivity contribution in [1.29, 1.82) is 0 Å². The summed E-state index contributed by atoms with van der Waals surface area (Å²) >= 11 is 0. The molecule has 0 saturated carbocycles. The van der Waals surface area contributed by atoms with Crippen molar-refractivity contribution in [2.45, 2.75) is 32.9 Å². The average Bonchev–Trinajstić information content (AvgIpc) is 2.34. The maximum absolute atomic E-state index is 13.8. The van der Waals surface area contributed by atoms with Crippen molar-refractivity contribution in [2.75, 3.05) is 21.3 Å².